The third-order valence-electron chi connectivity index (χ3n) is 4.60. The first-order valence-corrected chi connectivity index (χ1v) is 9.40. The molecule has 0 bridgehead atoms. The van der Waals surface area contributed by atoms with E-state index in [4.69, 9.17) is 9.15 Å². The van der Waals surface area contributed by atoms with E-state index in [0.717, 1.165) is 48.6 Å². The lowest BCUT2D eigenvalue weighted by Gasteiger charge is -2.32. The Morgan fingerprint density at radius 1 is 1.39 bits per heavy atom. The summed E-state index contributed by atoms with van der Waals surface area (Å²) in [7, 11) is 1.77. The van der Waals surface area contributed by atoms with Gasteiger partial charge in [0.25, 0.3) is 0 Å². The van der Waals surface area contributed by atoms with E-state index in [9.17, 15) is 0 Å². The summed E-state index contributed by atoms with van der Waals surface area (Å²) in [5.74, 6) is 3.52. The number of ether oxygens (including phenoxy) is 1. The molecule has 2 atom stereocenters. The minimum Gasteiger partial charge on any atom is -0.464 e. The molecule has 0 spiro atoms. The number of halogens is 1. The standard InChI is InChI=1S/C20H29N5O2.HI/c1-14-5-6-18(27-14)16(3)24-20(21-4)23-12-17-7-8-22-19(11-17)25-9-10-26-15(2)13-25;/h5-8,11,15-16H,9-10,12-13H2,1-4H3,(H2,21,23,24);1H. The topological polar surface area (TPSA) is 74.9 Å². The van der Waals surface area contributed by atoms with E-state index in [2.05, 4.69) is 45.4 Å². The Kier molecular flexibility index (Phi) is 8.56. The fourth-order valence-corrected chi connectivity index (χ4v) is 3.11. The lowest BCUT2D eigenvalue weighted by atomic mass is 10.2. The second-order valence-electron chi connectivity index (χ2n) is 6.89. The average Bonchev–Trinajstić information content (AvgIpc) is 3.12. The number of morpholine rings is 1. The molecule has 2 N–H and O–H groups in total. The molecule has 7 nitrogen and oxygen atoms in total. The predicted octanol–water partition coefficient (Wildman–Crippen LogP) is 3.25. The minimum atomic E-state index is 0. The zero-order chi connectivity index (χ0) is 19.2. The number of aromatic nitrogens is 1. The van der Waals surface area contributed by atoms with Crippen molar-refractivity contribution in [1.29, 1.82) is 0 Å². The molecule has 1 aliphatic rings. The van der Waals surface area contributed by atoms with Crippen LogP contribution in [0.15, 0.2) is 39.9 Å². The van der Waals surface area contributed by atoms with Crippen LogP contribution >= 0.6 is 24.0 Å². The highest BCUT2D eigenvalue weighted by Gasteiger charge is 2.18. The van der Waals surface area contributed by atoms with E-state index < -0.39 is 0 Å². The zero-order valence-electron chi connectivity index (χ0n) is 16.9. The molecular weight excluding hydrogens is 469 g/mol. The Morgan fingerprint density at radius 3 is 2.89 bits per heavy atom. The van der Waals surface area contributed by atoms with Crippen molar-refractivity contribution < 1.29 is 9.15 Å². The van der Waals surface area contributed by atoms with Crippen LogP contribution in [0.5, 0.6) is 0 Å². The Balaban J connectivity index is 0.00000280. The van der Waals surface area contributed by atoms with Crippen LogP contribution in [0, 0.1) is 6.92 Å². The monoisotopic (exact) mass is 499 g/mol. The maximum atomic E-state index is 5.68. The highest BCUT2D eigenvalue weighted by Crippen LogP contribution is 2.17. The van der Waals surface area contributed by atoms with Crippen molar-refractivity contribution in [2.75, 3.05) is 31.6 Å². The summed E-state index contributed by atoms with van der Waals surface area (Å²) in [6.07, 6.45) is 2.09. The largest absolute Gasteiger partial charge is 0.464 e. The summed E-state index contributed by atoms with van der Waals surface area (Å²) in [6.45, 7) is 9.24. The van der Waals surface area contributed by atoms with Gasteiger partial charge < -0.3 is 24.7 Å². The lowest BCUT2D eigenvalue weighted by Crippen LogP contribution is -2.41. The Labute approximate surface area is 184 Å². The van der Waals surface area contributed by atoms with Crippen molar-refractivity contribution in [3.05, 3.63) is 47.5 Å². The molecule has 1 saturated heterocycles. The number of hydrogen-bond acceptors (Lipinski definition) is 5. The number of aliphatic imine (C=N–C) groups is 1. The summed E-state index contributed by atoms with van der Waals surface area (Å²) in [6, 6.07) is 8.13. The number of guanidine groups is 1. The van der Waals surface area contributed by atoms with Crippen molar-refractivity contribution in [2.24, 2.45) is 4.99 Å². The molecule has 0 radical (unpaired) electrons. The maximum absolute atomic E-state index is 5.68. The molecule has 2 unspecified atom stereocenters. The molecule has 2 aromatic rings. The molecular formula is C20H30IN5O2. The van der Waals surface area contributed by atoms with Crippen molar-refractivity contribution in [3.63, 3.8) is 0 Å². The van der Waals surface area contributed by atoms with Crippen LogP contribution < -0.4 is 15.5 Å². The first-order valence-electron chi connectivity index (χ1n) is 9.40. The van der Waals surface area contributed by atoms with Crippen LogP contribution in [0.4, 0.5) is 5.82 Å². The Bertz CT molecular complexity index is 779. The van der Waals surface area contributed by atoms with Gasteiger partial charge in [-0.15, -0.1) is 24.0 Å². The Hall–Kier alpha value is -1.81. The van der Waals surface area contributed by atoms with E-state index in [1.807, 2.05) is 31.3 Å². The van der Waals surface area contributed by atoms with E-state index in [1.54, 1.807) is 7.05 Å². The van der Waals surface area contributed by atoms with E-state index in [0.29, 0.717) is 6.54 Å². The average molecular weight is 499 g/mol. The van der Waals surface area contributed by atoms with Gasteiger partial charge in [0.1, 0.15) is 17.3 Å². The zero-order valence-corrected chi connectivity index (χ0v) is 19.3. The second kappa shape index (κ2) is 10.7. The molecule has 1 fully saturated rings. The highest BCUT2D eigenvalue weighted by atomic mass is 127. The second-order valence-corrected chi connectivity index (χ2v) is 6.89. The van der Waals surface area contributed by atoms with Crippen LogP contribution in [-0.2, 0) is 11.3 Å². The third-order valence-corrected chi connectivity index (χ3v) is 4.60. The van der Waals surface area contributed by atoms with Crippen LogP contribution in [0.25, 0.3) is 0 Å². The van der Waals surface area contributed by atoms with Gasteiger partial charge in [0.05, 0.1) is 18.8 Å². The summed E-state index contributed by atoms with van der Waals surface area (Å²) in [4.78, 5) is 11.1. The fraction of sp³-hybridized carbons (Fsp3) is 0.500. The van der Waals surface area contributed by atoms with Crippen molar-refractivity contribution in [3.8, 4) is 0 Å². The maximum Gasteiger partial charge on any atom is 0.191 e. The molecule has 0 aromatic carbocycles. The quantitative estimate of drug-likeness (QED) is 0.374. The van der Waals surface area contributed by atoms with Crippen LogP contribution in [0.1, 0.15) is 37.0 Å². The summed E-state index contributed by atoms with van der Waals surface area (Å²) in [5.41, 5.74) is 1.16. The molecule has 0 saturated carbocycles. The SMILES string of the molecule is CN=C(NCc1ccnc(N2CCOC(C)C2)c1)NC(C)c1ccc(C)o1.I. The molecule has 154 valence electrons. The van der Waals surface area contributed by atoms with Crippen molar-refractivity contribution in [2.45, 2.75) is 39.5 Å². The van der Waals surface area contributed by atoms with Crippen molar-refractivity contribution >= 4 is 35.8 Å². The van der Waals surface area contributed by atoms with Gasteiger partial charge in [0.15, 0.2) is 5.96 Å². The molecule has 0 aliphatic carbocycles. The fourth-order valence-electron chi connectivity index (χ4n) is 3.11. The van der Waals surface area contributed by atoms with E-state index >= 15 is 0 Å². The van der Waals surface area contributed by atoms with Crippen LogP contribution in [-0.4, -0.2) is 43.8 Å². The number of nitrogens with one attached hydrogen (secondary N) is 2. The molecule has 2 aromatic heterocycles. The smallest absolute Gasteiger partial charge is 0.191 e. The summed E-state index contributed by atoms with van der Waals surface area (Å²) in [5, 5.41) is 6.71. The number of furan rings is 1. The molecule has 28 heavy (non-hydrogen) atoms. The minimum absolute atomic E-state index is 0. The van der Waals surface area contributed by atoms with Gasteiger partial charge >= 0.3 is 0 Å². The number of hydrogen-bond donors (Lipinski definition) is 2. The van der Waals surface area contributed by atoms with Gasteiger partial charge in [-0.1, -0.05) is 0 Å². The van der Waals surface area contributed by atoms with E-state index in [-0.39, 0.29) is 36.1 Å². The van der Waals surface area contributed by atoms with E-state index in [1.165, 1.54) is 0 Å². The first-order chi connectivity index (χ1) is 13.0. The number of rotatable bonds is 5. The van der Waals surface area contributed by atoms with Crippen molar-refractivity contribution in [1.82, 2.24) is 15.6 Å². The molecule has 8 heteroatoms. The van der Waals surface area contributed by atoms with Gasteiger partial charge in [0.2, 0.25) is 0 Å². The highest BCUT2D eigenvalue weighted by molar-refractivity contribution is 14.0. The van der Waals surface area contributed by atoms with Crippen LogP contribution in [0.2, 0.25) is 0 Å². The van der Waals surface area contributed by atoms with Gasteiger partial charge in [-0.2, -0.15) is 0 Å². The van der Waals surface area contributed by atoms with Crippen LogP contribution in [0.3, 0.4) is 0 Å². The number of pyridine rings is 1. The summed E-state index contributed by atoms with van der Waals surface area (Å²) >= 11 is 0. The van der Waals surface area contributed by atoms with Gasteiger partial charge in [-0.3, -0.25) is 4.99 Å². The van der Waals surface area contributed by atoms with Gasteiger partial charge in [0, 0.05) is 32.9 Å². The lowest BCUT2D eigenvalue weighted by molar-refractivity contribution is 0.0529. The molecule has 3 heterocycles. The number of anilines is 1. The predicted molar refractivity (Wildman–Crippen MR) is 122 cm³/mol. The number of nitrogens with zero attached hydrogens (tertiary/aromatic N) is 3. The molecule has 0 amide bonds. The normalized spacial score (nSPS) is 18.4. The molecule has 1 aliphatic heterocycles. The van der Waals surface area contributed by atoms with Gasteiger partial charge in [-0.25, -0.2) is 4.98 Å². The van der Waals surface area contributed by atoms with Gasteiger partial charge in [-0.05, 0) is 50.6 Å². The Morgan fingerprint density at radius 2 is 2.21 bits per heavy atom. The first kappa shape index (κ1) is 22.5. The summed E-state index contributed by atoms with van der Waals surface area (Å²) < 4.78 is 11.3. The third kappa shape index (κ3) is 6.10. The number of aryl methyl sites for hydroxylation is 1. The molecule has 3 rings (SSSR count).